The highest BCUT2D eigenvalue weighted by Gasteiger charge is 2.31. The van der Waals surface area contributed by atoms with Crippen LogP contribution in [0.2, 0.25) is 5.02 Å². The second kappa shape index (κ2) is 6.19. The van der Waals surface area contributed by atoms with Crippen molar-refractivity contribution in [2.75, 3.05) is 34.7 Å². The number of hydrogen-bond donors (Lipinski definition) is 0. The third-order valence-electron chi connectivity index (χ3n) is 2.49. The minimum atomic E-state index is -3.01. The Morgan fingerprint density at radius 2 is 1.58 bits per heavy atom. The van der Waals surface area contributed by atoms with Crippen molar-refractivity contribution >= 4 is 17.6 Å². The van der Waals surface area contributed by atoms with Crippen LogP contribution in [-0.2, 0) is 5.92 Å². The average Bonchev–Trinajstić information content (AvgIpc) is 2.28. The highest BCUT2D eigenvalue weighted by atomic mass is 35.5. The maximum atomic E-state index is 14.0. The van der Waals surface area contributed by atoms with Crippen molar-refractivity contribution in [3.05, 3.63) is 34.9 Å². The molecule has 0 bridgehead atoms. The van der Waals surface area contributed by atoms with Crippen LogP contribution in [0.4, 0.5) is 8.78 Å². The van der Waals surface area contributed by atoms with Crippen LogP contribution in [-0.4, -0.2) is 50.5 Å². The summed E-state index contributed by atoms with van der Waals surface area (Å²) in [6.45, 7) is -0.597. The number of rotatable bonds is 3. The van der Waals surface area contributed by atoms with Gasteiger partial charge in [-0.15, -0.1) is 0 Å². The first kappa shape index (κ1) is 15.7. The van der Waals surface area contributed by atoms with E-state index in [1.807, 2.05) is 0 Å². The van der Waals surface area contributed by atoms with Crippen LogP contribution >= 0.6 is 11.6 Å². The standard InChI is InChI=1S/C13H18ClF2N3/c1-18(2)12(19(3)4)17-9-13(15,16)10-5-7-11(14)8-6-10/h5-8H,9H2,1-4H3. The van der Waals surface area contributed by atoms with Gasteiger partial charge in [0.15, 0.2) is 5.96 Å². The van der Waals surface area contributed by atoms with Gasteiger partial charge in [-0.05, 0) is 12.1 Å². The van der Waals surface area contributed by atoms with Gasteiger partial charge in [-0.25, -0.2) is 4.99 Å². The van der Waals surface area contributed by atoms with Crippen molar-refractivity contribution in [1.82, 2.24) is 9.80 Å². The van der Waals surface area contributed by atoms with E-state index in [2.05, 4.69) is 4.99 Å². The number of nitrogens with zero attached hydrogens (tertiary/aromatic N) is 3. The average molecular weight is 290 g/mol. The summed E-state index contributed by atoms with van der Waals surface area (Å²) in [6.07, 6.45) is 0. The molecule has 0 heterocycles. The number of guanidine groups is 1. The summed E-state index contributed by atoms with van der Waals surface area (Å²) >= 11 is 5.69. The van der Waals surface area contributed by atoms with Gasteiger partial charge in [0.05, 0.1) is 0 Å². The molecule has 0 unspecified atom stereocenters. The van der Waals surface area contributed by atoms with Gasteiger partial charge in [-0.1, -0.05) is 23.7 Å². The SMILES string of the molecule is CN(C)C(=NCC(F)(F)c1ccc(Cl)cc1)N(C)C. The van der Waals surface area contributed by atoms with Gasteiger partial charge < -0.3 is 9.80 Å². The maximum Gasteiger partial charge on any atom is 0.292 e. The topological polar surface area (TPSA) is 18.8 Å². The van der Waals surface area contributed by atoms with Crippen LogP contribution < -0.4 is 0 Å². The predicted octanol–water partition coefficient (Wildman–Crippen LogP) is 2.91. The lowest BCUT2D eigenvalue weighted by Gasteiger charge is -2.24. The first-order valence-electron chi connectivity index (χ1n) is 5.77. The molecule has 1 rings (SSSR count). The molecular formula is C13H18ClF2N3. The van der Waals surface area contributed by atoms with E-state index in [4.69, 9.17) is 11.6 Å². The molecule has 1 aromatic carbocycles. The van der Waals surface area contributed by atoms with Crippen LogP contribution in [0.3, 0.4) is 0 Å². The lowest BCUT2D eigenvalue weighted by atomic mass is 10.1. The summed E-state index contributed by atoms with van der Waals surface area (Å²) in [6, 6.07) is 5.55. The molecule has 19 heavy (non-hydrogen) atoms. The van der Waals surface area contributed by atoms with Crippen LogP contribution in [0.15, 0.2) is 29.3 Å². The maximum absolute atomic E-state index is 14.0. The minimum absolute atomic E-state index is 0.0856. The number of aliphatic imine (C=N–C) groups is 1. The van der Waals surface area contributed by atoms with E-state index >= 15 is 0 Å². The molecule has 1 aromatic rings. The fourth-order valence-corrected chi connectivity index (χ4v) is 1.76. The summed E-state index contributed by atoms with van der Waals surface area (Å²) in [5, 5.41) is 0.435. The van der Waals surface area contributed by atoms with Crippen molar-refractivity contribution in [1.29, 1.82) is 0 Å². The van der Waals surface area contributed by atoms with Crippen LogP contribution in [0.1, 0.15) is 5.56 Å². The van der Waals surface area contributed by atoms with Gasteiger partial charge in [0.1, 0.15) is 6.54 Å². The first-order chi connectivity index (χ1) is 8.74. The van der Waals surface area contributed by atoms with Gasteiger partial charge in [-0.3, -0.25) is 0 Å². The van der Waals surface area contributed by atoms with Gasteiger partial charge >= 0.3 is 0 Å². The Labute approximate surface area is 117 Å². The second-order valence-corrected chi connectivity index (χ2v) is 5.05. The fraction of sp³-hybridized carbons (Fsp3) is 0.462. The monoisotopic (exact) mass is 289 g/mol. The Morgan fingerprint density at radius 1 is 1.11 bits per heavy atom. The van der Waals surface area contributed by atoms with E-state index in [-0.39, 0.29) is 5.56 Å². The number of alkyl halides is 2. The van der Waals surface area contributed by atoms with Crippen LogP contribution in [0.5, 0.6) is 0 Å². The molecule has 0 spiro atoms. The largest absolute Gasteiger partial charge is 0.349 e. The van der Waals surface area contributed by atoms with E-state index in [0.29, 0.717) is 11.0 Å². The van der Waals surface area contributed by atoms with Crippen LogP contribution in [0.25, 0.3) is 0 Å². The quantitative estimate of drug-likeness (QED) is 0.629. The summed E-state index contributed by atoms with van der Waals surface area (Å²) < 4.78 is 28.0. The van der Waals surface area contributed by atoms with Gasteiger partial charge in [0.25, 0.3) is 5.92 Å². The third kappa shape index (κ3) is 4.35. The zero-order chi connectivity index (χ0) is 14.6. The Balaban J connectivity index is 2.90. The molecule has 0 atom stereocenters. The summed E-state index contributed by atoms with van der Waals surface area (Å²) in [4.78, 5) is 7.36. The molecule has 6 heteroatoms. The van der Waals surface area contributed by atoms with Crippen molar-refractivity contribution in [3.8, 4) is 0 Å². The fourth-order valence-electron chi connectivity index (χ4n) is 1.64. The molecule has 106 valence electrons. The zero-order valence-corrected chi connectivity index (χ0v) is 12.2. The molecule has 0 saturated heterocycles. The lowest BCUT2D eigenvalue weighted by Crippen LogP contribution is -2.36. The molecule has 0 radical (unpaired) electrons. The van der Waals surface area contributed by atoms with Crippen molar-refractivity contribution in [3.63, 3.8) is 0 Å². The Kier molecular flexibility index (Phi) is 5.11. The highest BCUT2D eigenvalue weighted by molar-refractivity contribution is 6.30. The molecule has 0 aliphatic carbocycles. The first-order valence-corrected chi connectivity index (χ1v) is 6.15. The third-order valence-corrected chi connectivity index (χ3v) is 2.74. The van der Waals surface area contributed by atoms with Crippen LogP contribution in [0, 0.1) is 0 Å². The number of benzene rings is 1. The van der Waals surface area contributed by atoms with Crippen molar-refractivity contribution < 1.29 is 8.78 Å². The van der Waals surface area contributed by atoms with Crippen molar-refractivity contribution in [2.45, 2.75) is 5.92 Å². The molecule has 0 aliphatic rings. The van der Waals surface area contributed by atoms with E-state index in [1.165, 1.54) is 24.3 Å². The van der Waals surface area contributed by atoms with E-state index in [1.54, 1.807) is 38.0 Å². The molecule has 0 amide bonds. The molecule has 0 aromatic heterocycles. The predicted molar refractivity (Wildman–Crippen MR) is 75.0 cm³/mol. The van der Waals surface area contributed by atoms with Gasteiger partial charge in [-0.2, -0.15) is 8.78 Å². The molecule has 3 nitrogen and oxygen atoms in total. The molecule has 0 N–H and O–H groups in total. The lowest BCUT2D eigenvalue weighted by molar-refractivity contribution is 0.00610. The smallest absolute Gasteiger partial charge is 0.292 e. The summed E-state index contributed by atoms with van der Waals surface area (Å²) in [7, 11) is 7.05. The van der Waals surface area contributed by atoms with Gasteiger partial charge in [0.2, 0.25) is 0 Å². The second-order valence-electron chi connectivity index (χ2n) is 4.62. The molecular weight excluding hydrogens is 272 g/mol. The number of hydrogen-bond acceptors (Lipinski definition) is 1. The zero-order valence-electron chi connectivity index (χ0n) is 11.5. The van der Waals surface area contributed by atoms with Gasteiger partial charge in [0, 0.05) is 38.8 Å². The van der Waals surface area contributed by atoms with E-state index in [9.17, 15) is 8.78 Å². The summed E-state index contributed by atoms with van der Waals surface area (Å²) in [5.41, 5.74) is -0.0856. The Hall–Kier alpha value is -1.36. The Bertz CT molecular complexity index is 432. The Morgan fingerprint density at radius 3 is 2.00 bits per heavy atom. The van der Waals surface area contributed by atoms with E-state index in [0.717, 1.165) is 0 Å². The summed E-state index contributed by atoms with van der Waals surface area (Å²) in [5.74, 6) is -2.52. The minimum Gasteiger partial charge on any atom is -0.349 e. The molecule has 0 fully saturated rings. The van der Waals surface area contributed by atoms with Crippen molar-refractivity contribution in [2.24, 2.45) is 4.99 Å². The normalized spacial score (nSPS) is 11.1. The molecule has 0 aliphatic heterocycles. The number of halogens is 3. The molecule has 0 saturated carbocycles. The van der Waals surface area contributed by atoms with E-state index < -0.39 is 12.5 Å². The highest BCUT2D eigenvalue weighted by Crippen LogP contribution is 2.29.